The van der Waals surface area contributed by atoms with E-state index >= 15 is 0 Å². The molecule has 0 aliphatic rings. The van der Waals surface area contributed by atoms with Gasteiger partial charge in [-0.2, -0.15) is 0 Å². The summed E-state index contributed by atoms with van der Waals surface area (Å²) in [5, 5.41) is 20.9. The van der Waals surface area contributed by atoms with E-state index in [2.05, 4.69) is 20.9 Å². The van der Waals surface area contributed by atoms with Crippen LogP contribution < -0.4 is 0 Å². The number of amides is 1. The van der Waals surface area contributed by atoms with Gasteiger partial charge in [-0.05, 0) is 22.0 Å². The molecule has 6 heteroatoms. The van der Waals surface area contributed by atoms with Crippen molar-refractivity contribution < 1.29 is 14.5 Å². The second-order valence-electron chi connectivity index (χ2n) is 3.53. The van der Waals surface area contributed by atoms with Gasteiger partial charge < -0.3 is 15.0 Å². The van der Waals surface area contributed by atoms with Gasteiger partial charge >= 0.3 is 5.91 Å². The summed E-state index contributed by atoms with van der Waals surface area (Å²) in [6.07, 6.45) is 1.43. The topological polar surface area (TPSA) is 73.2 Å². The van der Waals surface area contributed by atoms with Gasteiger partial charge in [-0.3, -0.25) is 4.98 Å². The number of nitrogens with zero attached hydrogens (tertiary/aromatic N) is 2. The van der Waals surface area contributed by atoms with Crippen molar-refractivity contribution in [2.24, 2.45) is 0 Å². The van der Waals surface area contributed by atoms with Crippen LogP contribution in [0.5, 0.6) is 0 Å². The molecule has 0 aliphatic carbocycles. The molecule has 1 aromatic heterocycles. The van der Waals surface area contributed by atoms with Crippen LogP contribution in [0, 0.1) is 5.21 Å². The first-order valence-electron chi connectivity index (χ1n) is 4.20. The molecule has 82 valence electrons. The summed E-state index contributed by atoms with van der Waals surface area (Å²) in [5.74, 6) is -0.824. The van der Waals surface area contributed by atoms with Crippen LogP contribution in [-0.2, 0) is 4.79 Å². The fourth-order valence-corrected chi connectivity index (χ4v) is 1.40. The molecule has 0 spiro atoms. The molecule has 0 fully saturated rings. The standard InChI is InChI=1S/C9H11BrN2O3/c1-12(2,15)9(14)8(13)6-3-7(10)5-11-4-6/h3-5,8,13H,1-2H3. The number of rotatable bonds is 2. The summed E-state index contributed by atoms with van der Waals surface area (Å²) < 4.78 is -0.531. The lowest BCUT2D eigenvalue weighted by Crippen LogP contribution is -2.42. The average Bonchev–Trinajstić information content (AvgIpc) is 2.14. The van der Waals surface area contributed by atoms with E-state index in [0.29, 0.717) is 10.0 Å². The number of carbonyl (C=O) groups excluding carboxylic acids is 1. The highest BCUT2D eigenvalue weighted by atomic mass is 79.9. The summed E-state index contributed by atoms with van der Waals surface area (Å²) in [6.45, 7) is 0. The zero-order valence-electron chi connectivity index (χ0n) is 8.35. The van der Waals surface area contributed by atoms with Crippen LogP contribution in [-0.4, -0.2) is 34.7 Å². The van der Waals surface area contributed by atoms with Crippen molar-refractivity contribution >= 4 is 21.8 Å². The minimum atomic E-state index is -1.44. The number of carbonyl (C=O) groups is 1. The van der Waals surface area contributed by atoms with Gasteiger partial charge in [0.25, 0.3) is 0 Å². The lowest BCUT2D eigenvalue weighted by Gasteiger charge is -2.32. The van der Waals surface area contributed by atoms with Gasteiger partial charge in [0.05, 0.1) is 14.1 Å². The molecule has 5 nitrogen and oxygen atoms in total. The van der Waals surface area contributed by atoms with Crippen LogP contribution in [0.15, 0.2) is 22.9 Å². The molecule has 1 rings (SSSR count). The zero-order chi connectivity index (χ0) is 11.6. The number of likely N-dealkylation sites (N-methyl/N-ethyl adjacent to an activating group) is 1. The van der Waals surface area contributed by atoms with Gasteiger partial charge in [-0.1, -0.05) is 0 Å². The number of aliphatic hydroxyl groups excluding tert-OH is 1. The van der Waals surface area contributed by atoms with E-state index in [1.165, 1.54) is 12.4 Å². The van der Waals surface area contributed by atoms with E-state index in [4.69, 9.17) is 0 Å². The quantitative estimate of drug-likeness (QED) is 0.645. The highest BCUT2D eigenvalue weighted by molar-refractivity contribution is 9.10. The van der Waals surface area contributed by atoms with E-state index in [9.17, 15) is 15.1 Å². The van der Waals surface area contributed by atoms with Crippen molar-refractivity contribution in [2.75, 3.05) is 14.1 Å². The lowest BCUT2D eigenvalue weighted by molar-refractivity contribution is -0.762. The number of pyridine rings is 1. The average molecular weight is 275 g/mol. The number of hydrogen-bond donors (Lipinski definition) is 1. The molecule has 0 radical (unpaired) electrons. The summed E-state index contributed by atoms with van der Waals surface area (Å²) >= 11 is 3.16. The molecular weight excluding hydrogens is 264 g/mol. The van der Waals surface area contributed by atoms with Crippen molar-refractivity contribution in [2.45, 2.75) is 6.10 Å². The first-order chi connectivity index (χ1) is 6.82. The molecule has 0 aromatic carbocycles. The Bertz CT molecular complexity index is 376. The molecule has 1 unspecified atom stereocenters. The Morgan fingerprint density at radius 2 is 2.20 bits per heavy atom. The van der Waals surface area contributed by atoms with E-state index in [1.54, 1.807) is 6.07 Å². The minimum Gasteiger partial charge on any atom is -0.626 e. The first kappa shape index (κ1) is 12.3. The molecule has 1 aromatic rings. The Balaban J connectivity index is 2.95. The van der Waals surface area contributed by atoms with Gasteiger partial charge in [0.2, 0.25) is 0 Å². The minimum absolute atomic E-state index is 0.302. The Morgan fingerprint density at radius 3 is 2.67 bits per heavy atom. The second-order valence-corrected chi connectivity index (χ2v) is 4.44. The Hall–Kier alpha value is -0.820. The molecule has 1 heterocycles. The van der Waals surface area contributed by atoms with Crippen LogP contribution in [0.4, 0.5) is 0 Å². The smallest absolute Gasteiger partial charge is 0.346 e. The molecular formula is C9H11BrN2O3. The van der Waals surface area contributed by atoms with Crippen LogP contribution in [0.2, 0.25) is 0 Å². The van der Waals surface area contributed by atoms with Gasteiger partial charge in [0, 0.05) is 22.4 Å². The van der Waals surface area contributed by atoms with Gasteiger partial charge in [-0.15, -0.1) is 0 Å². The third kappa shape index (κ3) is 3.07. The Labute approximate surface area is 95.7 Å². The van der Waals surface area contributed by atoms with Crippen molar-refractivity contribution in [3.63, 3.8) is 0 Å². The summed E-state index contributed by atoms with van der Waals surface area (Å²) in [5.41, 5.74) is 0.302. The predicted octanol–water partition coefficient (Wildman–Crippen LogP) is 0.978. The van der Waals surface area contributed by atoms with E-state index < -0.39 is 16.7 Å². The molecule has 1 N–H and O–H groups in total. The summed E-state index contributed by atoms with van der Waals surface area (Å²) in [6, 6.07) is 1.55. The van der Waals surface area contributed by atoms with Gasteiger partial charge in [0.1, 0.15) is 0 Å². The molecule has 0 saturated carbocycles. The van der Waals surface area contributed by atoms with E-state index in [1.807, 2.05) is 0 Å². The molecule has 0 saturated heterocycles. The maximum atomic E-state index is 11.4. The van der Waals surface area contributed by atoms with Crippen molar-refractivity contribution in [3.05, 3.63) is 33.7 Å². The molecule has 0 aliphatic heterocycles. The van der Waals surface area contributed by atoms with E-state index in [0.717, 1.165) is 14.1 Å². The number of quaternary nitrogens is 1. The van der Waals surface area contributed by atoms with Gasteiger partial charge in [0.15, 0.2) is 6.10 Å². The molecule has 15 heavy (non-hydrogen) atoms. The van der Waals surface area contributed by atoms with Crippen LogP contribution in [0.25, 0.3) is 0 Å². The second kappa shape index (κ2) is 4.36. The number of aliphatic hydroxyl groups is 1. The normalized spacial score (nSPS) is 13.7. The zero-order valence-corrected chi connectivity index (χ0v) is 9.93. The van der Waals surface area contributed by atoms with Crippen LogP contribution >= 0.6 is 15.9 Å². The van der Waals surface area contributed by atoms with Crippen molar-refractivity contribution in [3.8, 4) is 0 Å². The monoisotopic (exact) mass is 274 g/mol. The first-order valence-corrected chi connectivity index (χ1v) is 4.99. The van der Waals surface area contributed by atoms with Crippen LogP contribution in [0.3, 0.4) is 0 Å². The van der Waals surface area contributed by atoms with E-state index in [-0.39, 0.29) is 0 Å². The third-order valence-corrected chi connectivity index (χ3v) is 2.24. The Kier molecular flexibility index (Phi) is 3.56. The summed E-state index contributed by atoms with van der Waals surface area (Å²) in [4.78, 5) is 15.2. The third-order valence-electron chi connectivity index (χ3n) is 1.81. The van der Waals surface area contributed by atoms with Crippen LogP contribution in [0.1, 0.15) is 11.7 Å². The van der Waals surface area contributed by atoms with Gasteiger partial charge in [-0.25, -0.2) is 4.79 Å². The maximum absolute atomic E-state index is 11.4. The number of hydrogen-bond acceptors (Lipinski definition) is 4. The molecule has 1 amide bonds. The SMILES string of the molecule is C[N+](C)([O-])C(=O)C(O)c1cncc(Br)c1. The molecule has 1 atom stereocenters. The fraction of sp³-hybridized carbons (Fsp3) is 0.333. The van der Waals surface area contributed by atoms with Crippen molar-refractivity contribution in [1.29, 1.82) is 0 Å². The number of hydroxylamine groups is 3. The number of halogens is 1. The van der Waals surface area contributed by atoms with Crippen molar-refractivity contribution in [1.82, 2.24) is 4.98 Å². The number of aromatic nitrogens is 1. The fourth-order valence-electron chi connectivity index (χ4n) is 1.01. The highest BCUT2D eigenvalue weighted by Crippen LogP contribution is 2.19. The lowest BCUT2D eigenvalue weighted by atomic mass is 10.1. The predicted molar refractivity (Wildman–Crippen MR) is 57.4 cm³/mol. The largest absolute Gasteiger partial charge is 0.626 e. The summed E-state index contributed by atoms with van der Waals surface area (Å²) in [7, 11) is 2.33. The highest BCUT2D eigenvalue weighted by Gasteiger charge is 2.28. The Morgan fingerprint density at radius 1 is 1.60 bits per heavy atom. The maximum Gasteiger partial charge on any atom is 0.346 e. The molecule has 0 bridgehead atoms.